The second kappa shape index (κ2) is 21.4. The highest BCUT2D eigenvalue weighted by atomic mass is 33.1. The van der Waals surface area contributed by atoms with Crippen LogP contribution in [0.1, 0.15) is 96.8 Å². The molecule has 0 atom stereocenters. The Labute approximate surface area is 311 Å². The van der Waals surface area contributed by atoms with E-state index in [0.29, 0.717) is 17.2 Å². The number of carbonyl (C=O) groups excluding carboxylic acids is 2. The van der Waals surface area contributed by atoms with E-state index >= 15 is 0 Å². The second-order valence-corrected chi connectivity index (χ2v) is 14.8. The molecule has 0 bridgehead atoms. The lowest BCUT2D eigenvalue weighted by atomic mass is 9.87. The van der Waals surface area contributed by atoms with E-state index in [1.807, 2.05) is 0 Å². The molecule has 25 heteroatoms. The number of hydrogen-bond donors (Lipinski definition) is 0. The lowest BCUT2D eigenvalue weighted by Crippen LogP contribution is -2.76. The van der Waals surface area contributed by atoms with Crippen molar-refractivity contribution in [3.8, 4) is 0 Å². The fourth-order valence-electron chi connectivity index (χ4n) is 4.41. The molecule has 0 fully saturated rings. The van der Waals surface area contributed by atoms with Crippen LogP contribution < -0.4 is 0 Å². The number of unbranched alkanes of at least 4 members (excludes halogenated alkanes) is 12. The van der Waals surface area contributed by atoms with Crippen molar-refractivity contribution >= 4 is 33.5 Å². The number of ether oxygens (including phenoxy) is 2. The van der Waals surface area contributed by atoms with Crippen molar-refractivity contribution < 1.29 is 102 Å². The Morgan fingerprint density at radius 3 is 1.09 bits per heavy atom. The maximum absolute atomic E-state index is 13.9. The number of carbonyl (C=O) groups is 2. The fourth-order valence-corrected chi connectivity index (χ4v) is 6.07. The summed E-state index contributed by atoms with van der Waals surface area (Å²) in [5, 5.41) is 0. The fraction of sp³-hybridized carbons (Fsp3) is 0.933. The van der Waals surface area contributed by atoms with Gasteiger partial charge in [-0.15, -0.1) is 0 Å². The molecule has 0 aliphatic heterocycles. The Bertz CT molecular complexity index is 1170. The summed E-state index contributed by atoms with van der Waals surface area (Å²) in [5.74, 6) is -73.8. The lowest BCUT2D eigenvalue weighted by Gasteiger charge is -2.43. The molecular formula is C30H39F19O4S2. The van der Waals surface area contributed by atoms with Gasteiger partial charge in [0.2, 0.25) is 0 Å². The van der Waals surface area contributed by atoms with Crippen molar-refractivity contribution in [2.24, 2.45) is 0 Å². The number of rotatable bonds is 29. The van der Waals surface area contributed by atoms with Gasteiger partial charge in [-0.3, -0.25) is 4.79 Å². The van der Waals surface area contributed by atoms with Crippen molar-refractivity contribution in [2.75, 3.05) is 24.7 Å². The van der Waals surface area contributed by atoms with Gasteiger partial charge < -0.3 is 9.47 Å². The van der Waals surface area contributed by atoms with Crippen LogP contribution in [0.25, 0.3) is 0 Å². The monoisotopic (exact) mass is 888 g/mol. The van der Waals surface area contributed by atoms with Gasteiger partial charge in [0.1, 0.15) is 13.2 Å². The van der Waals surface area contributed by atoms with Crippen molar-refractivity contribution in [3.05, 3.63) is 0 Å². The maximum Gasteiger partial charge on any atom is 0.460 e. The average molecular weight is 889 g/mol. The van der Waals surface area contributed by atoms with E-state index in [-0.39, 0.29) is 18.8 Å². The zero-order chi connectivity index (χ0) is 43.2. The van der Waals surface area contributed by atoms with E-state index in [1.165, 1.54) is 44.9 Å². The van der Waals surface area contributed by atoms with Gasteiger partial charge in [0.05, 0.1) is 0 Å². The molecule has 0 aromatic carbocycles. The summed E-state index contributed by atoms with van der Waals surface area (Å²) < 4.78 is 263. The van der Waals surface area contributed by atoms with E-state index in [2.05, 4.69) is 11.7 Å². The molecule has 0 radical (unpaired) electrons. The zero-order valence-electron chi connectivity index (χ0n) is 28.9. The van der Waals surface area contributed by atoms with Crippen LogP contribution in [0.5, 0.6) is 0 Å². The first-order valence-corrected chi connectivity index (χ1v) is 19.0. The average Bonchev–Trinajstić information content (AvgIpc) is 3.06. The third-order valence-corrected chi connectivity index (χ3v) is 10.1. The summed E-state index contributed by atoms with van der Waals surface area (Å²) in [7, 11) is 1.36. The van der Waals surface area contributed by atoms with Crippen LogP contribution in [-0.2, 0) is 19.1 Å². The molecule has 55 heavy (non-hydrogen) atoms. The third-order valence-electron chi connectivity index (χ3n) is 7.77. The topological polar surface area (TPSA) is 52.6 Å². The minimum Gasteiger partial charge on any atom is -0.465 e. The standard InChI is InChI=1S/C30H39F19O4S2/c1-2-3-4-5-6-7-8-9-10-11-12-13-14-15-20(50)52-16-18-54-55-19-17-53-21(51)22(31,32)23(33,34)24(35,36)25(37,38)26(39,40)27(41,42)28(43,44)29(45,46)30(47,48)49/h2-19H2,1H3. The summed E-state index contributed by atoms with van der Waals surface area (Å²) in [4.78, 5) is 23.2. The Morgan fingerprint density at radius 2 is 0.727 bits per heavy atom. The van der Waals surface area contributed by atoms with E-state index in [0.717, 1.165) is 42.9 Å². The predicted molar refractivity (Wildman–Crippen MR) is 163 cm³/mol. The molecule has 0 aliphatic rings. The highest BCUT2D eigenvalue weighted by Gasteiger charge is 2.97. The van der Waals surface area contributed by atoms with Gasteiger partial charge in [-0.2, -0.15) is 83.4 Å². The van der Waals surface area contributed by atoms with E-state index < -0.39 is 77.9 Å². The van der Waals surface area contributed by atoms with Gasteiger partial charge >= 0.3 is 65.5 Å². The Balaban J connectivity index is 4.85. The summed E-state index contributed by atoms with van der Waals surface area (Å²) in [5.41, 5.74) is 0. The molecule has 0 spiro atoms. The van der Waals surface area contributed by atoms with Gasteiger partial charge in [0.15, 0.2) is 0 Å². The molecule has 0 aliphatic carbocycles. The highest BCUT2D eigenvalue weighted by Crippen LogP contribution is 2.65. The Morgan fingerprint density at radius 1 is 0.418 bits per heavy atom. The Hall–Kier alpha value is -1.69. The first-order valence-electron chi connectivity index (χ1n) is 16.5. The molecule has 328 valence electrons. The first-order chi connectivity index (χ1) is 24.9. The molecule has 0 unspecified atom stereocenters. The number of hydrogen-bond acceptors (Lipinski definition) is 6. The zero-order valence-corrected chi connectivity index (χ0v) is 30.5. The Kier molecular flexibility index (Phi) is 20.7. The van der Waals surface area contributed by atoms with Crippen LogP contribution in [0.2, 0.25) is 0 Å². The van der Waals surface area contributed by atoms with Crippen LogP contribution in [0.15, 0.2) is 0 Å². The van der Waals surface area contributed by atoms with Gasteiger partial charge in [-0.25, -0.2) is 4.79 Å². The number of halogens is 19. The third kappa shape index (κ3) is 12.6. The SMILES string of the molecule is CCCCCCCCCCCCCCCC(=O)OCCSSCCOC(=O)C(F)(F)C(F)(F)C(F)(F)C(F)(F)C(F)(F)C(F)(F)C(F)(F)C(F)(F)C(F)(F)F. The smallest absolute Gasteiger partial charge is 0.460 e. The normalized spacial score (nSPS) is 14.3. The van der Waals surface area contributed by atoms with E-state index in [4.69, 9.17) is 4.74 Å². The van der Waals surface area contributed by atoms with Crippen LogP contribution >= 0.6 is 21.6 Å². The van der Waals surface area contributed by atoms with Gasteiger partial charge in [0.25, 0.3) is 0 Å². The summed E-state index contributed by atoms with van der Waals surface area (Å²) >= 11 is 0. The highest BCUT2D eigenvalue weighted by molar-refractivity contribution is 8.76. The van der Waals surface area contributed by atoms with Crippen molar-refractivity contribution in [1.29, 1.82) is 0 Å². The van der Waals surface area contributed by atoms with Crippen molar-refractivity contribution in [1.82, 2.24) is 0 Å². The molecule has 0 aromatic rings. The van der Waals surface area contributed by atoms with E-state index in [9.17, 15) is 93.0 Å². The van der Waals surface area contributed by atoms with Crippen LogP contribution in [0.4, 0.5) is 83.4 Å². The van der Waals surface area contributed by atoms with Crippen LogP contribution in [0.3, 0.4) is 0 Å². The van der Waals surface area contributed by atoms with Crippen LogP contribution in [0, 0.1) is 0 Å². The molecular weight excluding hydrogens is 849 g/mol. The largest absolute Gasteiger partial charge is 0.465 e. The van der Waals surface area contributed by atoms with Gasteiger partial charge in [-0.05, 0) is 6.42 Å². The number of esters is 2. The van der Waals surface area contributed by atoms with Gasteiger partial charge in [-0.1, -0.05) is 106 Å². The summed E-state index contributed by atoms with van der Waals surface area (Å²) in [6, 6.07) is 0. The van der Waals surface area contributed by atoms with E-state index in [1.54, 1.807) is 0 Å². The van der Waals surface area contributed by atoms with Gasteiger partial charge in [0, 0.05) is 17.9 Å². The van der Waals surface area contributed by atoms with Crippen LogP contribution in [-0.4, -0.2) is 90.2 Å². The predicted octanol–water partition coefficient (Wildman–Crippen LogP) is 12.6. The minimum atomic E-state index is -9.07. The molecule has 0 saturated heterocycles. The molecule has 0 amide bonds. The molecule has 0 saturated carbocycles. The summed E-state index contributed by atoms with van der Waals surface area (Å²) in [6.07, 6.45) is 6.20. The molecule has 4 nitrogen and oxygen atoms in total. The molecule has 0 aromatic heterocycles. The maximum atomic E-state index is 13.9. The van der Waals surface area contributed by atoms with Crippen molar-refractivity contribution in [3.63, 3.8) is 0 Å². The number of alkyl halides is 19. The second-order valence-electron chi connectivity index (χ2n) is 12.1. The quantitative estimate of drug-likeness (QED) is 0.0323. The molecule has 0 heterocycles. The summed E-state index contributed by atoms with van der Waals surface area (Å²) in [6.45, 7) is 0.516. The minimum absolute atomic E-state index is 0.00864. The first kappa shape index (κ1) is 53.3. The molecule has 0 N–H and O–H groups in total. The van der Waals surface area contributed by atoms with Crippen molar-refractivity contribution in [2.45, 2.75) is 150 Å². The lowest BCUT2D eigenvalue weighted by molar-refractivity contribution is -0.467. The molecule has 0 rings (SSSR count).